The van der Waals surface area contributed by atoms with Gasteiger partial charge in [0.2, 0.25) is 6.23 Å². The largest absolute Gasteiger partial charge is 0.489 e. The summed E-state index contributed by atoms with van der Waals surface area (Å²) in [5, 5.41) is 9.67. The van der Waals surface area contributed by atoms with E-state index in [4.69, 9.17) is 14.6 Å². The third-order valence-electron chi connectivity index (χ3n) is 7.52. The minimum absolute atomic E-state index is 0.142. The van der Waals surface area contributed by atoms with E-state index in [1.165, 1.54) is 33.0 Å². The van der Waals surface area contributed by atoms with Crippen molar-refractivity contribution >= 4 is 16.5 Å². The average molecular weight is 497 g/mol. The van der Waals surface area contributed by atoms with Crippen LogP contribution in [0.3, 0.4) is 0 Å². The van der Waals surface area contributed by atoms with Crippen molar-refractivity contribution in [3.05, 3.63) is 143 Å². The number of ether oxygens (including phenoxy) is 2. The Morgan fingerprint density at radius 2 is 1.58 bits per heavy atom. The van der Waals surface area contributed by atoms with Gasteiger partial charge in [0.25, 0.3) is 0 Å². The predicted octanol–water partition coefficient (Wildman–Crippen LogP) is 7.97. The van der Waals surface area contributed by atoms with Gasteiger partial charge in [0.15, 0.2) is 0 Å². The molecule has 4 heteroatoms. The first-order valence-corrected chi connectivity index (χ1v) is 13.1. The lowest BCUT2D eigenvalue weighted by atomic mass is 9.95. The van der Waals surface area contributed by atoms with Gasteiger partial charge in [0.05, 0.1) is 11.8 Å². The van der Waals surface area contributed by atoms with Crippen molar-refractivity contribution in [3.63, 3.8) is 0 Å². The topological polar surface area (TPSA) is 34.1 Å². The van der Waals surface area contributed by atoms with Crippen LogP contribution in [0.5, 0.6) is 11.5 Å². The highest BCUT2D eigenvalue weighted by atomic mass is 16.5. The molecule has 0 spiro atoms. The van der Waals surface area contributed by atoms with Crippen LogP contribution in [0.25, 0.3) is 10.8 Å². The highest BCUT2D eigenvalue weighted by Gasteiger charge is 2.40. The van der Waals surface area contributed by atoms with Crippen molar-refractivity contribution in [1.82, 2.24) is 5.01 Å². The summed E-state index contributed by atoms with van der Waals surface area (Å²) in [4.78, 5) is 0. The second-order valence-corrected chi connectivity index (χ2v) is 10.0. The molecule has 0 radical (unpaired) electrons. The van der Waals surface area contributed by atoms with Gasteiger partial charge in [0, 0.05) is 17.5 Å². The molecular formula is C34H28N2O2. The molecule has 2 heterocycles. The lowest BCUT2D eigenvalue weighted by Gasteiger charge is -2.38. The molecular weight excluding hydrogens is 468 g/mol. The lowest BCUT2D eigenvalue weighted by Crippen LogP contribution is -2.33. The van der Waals surface area contributed by atoms with Crippen LogP contribution in [-0.2, 0) is 6.61 Å². The van der Waals surface area contributed by atoms with E-state index in [-0.39, 0.29) is 12.3 Å². The zero-order valence-corrected chi connectivity index (χ0v) is 21.2. The van der Waals surface area contributed by atoms with Gasteiger partial charge < -0.3 is 9.47 Å². The SMILES string of the molecule is Cc1ccc(C2=NN3[C@@H](c4ccc(OCc5cccc6ccccc56)cc4)Oc4ccccc4[C@@H]3C2)cc1. The maximum atomic E-state index is 6.53. The standard InChI is InChI=1S/C34H28N2O2/c1-23-13-15-25(16-14-23)31-21-32-30-11-4-5-12-33(30)38-34(36(32)35-31)26-17-19-28(20-18-26)37-22-27-9-6-8-24-7-2-3-10-29(24)27/h2-20,32,34H,21-22H2,1H3/t32-,34+/m0/s1. The summed E-state index contributed by atoms with van der Waals surface area (Å²) < 4.78 is 12.7. The van der Waals surface area contributed by atoms with Crippen LogP contribution < -0.4 is 9.47 Å². The molecule has 0 N–H and O–H groups in total. The first kappa shape index (κ1) is 22.6. The van der Waals surface area contributed by atoms with Crippen molar-refractivity contribution in [2.24, 2.45) is 5.10 Å². The van der Waals surface area contributed by atoms with Crippen LogP contribution in [-0.4, -0.2) is 10.7 Å². The molecule has 0 saturated carbocycles. The molecule has 0 bridgehead atoms. The Bertz CT molecular complexity index is 1630. The summed E-state index contributed by atoms with van der Waals surface area (Å²) >= 11 is 0. The van der Waals surface area contributed by atoms with Gasteiger partial charge in [-0.05, 0) is 59.2 Å². The fraction of sp³-hybridized carbons (Fsp3) is 0.147. The summed E-state index contributed by atoms with van der Waals surface area (Å²) in [7, 11) is 0. The first-order chi connectivity index (χ1) is 18.7. The molecule has 0 aromatic heterocycles. The Morgan fingerprint density at radius 3 is 2.45 bits per heavy atom. The van der Waals surface area contributed by atoms with E-state index >= 15 is 0 Å². The third kappa shape index (κ3) is 4.08. The van der Waals surface area contributed by atoms with E-state index in [1.54, 1.807) is 0 Å². The van der Waals surface area contributed by atoms with Gasteiger partial charge >= 0.3 is 0 Å². The monoisotopic (exact) mass is 496 g/mol. The Labute approximate surface area is 222 Å². The summed E-state index contributed by atoms with van der Waals surface area (Å²) in [6.07, 6.45) is 0.552. The summed E-state index contributed by atoms with van der Waals surface area (Å²) in [6.45, 7) is 2.63. The zero-order valence-electron chi connectivity index (χ0n) is 21.2. The number of para-hydroxylation sites is 1. The van der Waals surface area contributed by atoms with Crippen LogP contribution in [0.15, 0.2) is 120 Å². The van der Waals surface area contributed by atoms with Gasteiger partial charge in [-0.3, -0.25) is 0 Å². The summed E-state index contributed by atoms with van der Waals surface area (Å²) in [5.41, 5.74) is 6.92. The minimum Gasteiger partial charge on any atom is -0.489 e. The van der Waals surface area contributed by atoms with Gasteiger partial charge in [-0.15, -0.1) is 0 Å². The normalized spacial score (nSPS) is 17.9. The van der Waals surface area contributed by atoms with E-state index in [2.05, 4.69) is 109 Å². The van der Waals surface area contributed by atoms with E-state index < -0.39 is 0 Å². The number of benzene rings is 5. The van der Waals surface area contributed by atoms with Crippen LogP contribution in [0.2, 0.25) is 0 Å². The highest BCUT2D eigenvalue weighted by molar-refractivity contribution is 6.02. The number of fused-ring (bicyclic) bond motifs is 4. The first-order valence-electron chi connectivity index (χ1n) is 13.1. The van der Waals surface area contributed by atoms with Gasteiger partial charge in [-0.1, -0.05) is 90.5 Å². The maximum Gasteiger partial charge on any atom is 0.213 e. The average Bonchev–Trinajstić information content (AvgIpc) is 3.42. The molecule has 2 atom stereocenters. The molecule has 5 aromatic carbocycles. The molecule has 5 aromatic rings. The Balaban J connectivity index is 1.15. The predicted molar refractivity (Wildman–Crippen MR) is 151 cm³/mol. The van der Waals surface area contributed by atoms with E-state index in [0.717, 1.165) is 29.2 Å². The Hall–Kier alpha value is -4.57. The number of nitrogens with zero attached hydrogens (tertiary/aromatic N) is 2. The van der Waals surface area contributed by atoms with Crippen LogP contribution in [0.4, 0.5) is 0 Å². The van der Waals surface area contributed by atoms with Crippen molar-refractivity contribution in [2.45, 2.75) is 32.2 Å². The molecule has 2 aliphatic rings. The fourth-order valence-corrected chi connectivity index (χ4v) is 5.48. The Kier molecular flexibility index (Phi) is 5.58. The molecule has 4 nitrogen and oxygen atoms in total. The van der Waals surface area contributed by atoms with E-state index in [1.807, 2.05) is 18.2 Å². The smallest absolute Gasteiger partial charge is 0.213 e. The van der Waals surface area contributed by atoms with Crippen LogP contribution >= 0.6 is 0 Å². The second-order valence-electron chi connectivity index (χ2n) is 10.0. The minimum atomic E-state index is -0.301. The Morgan fingerprint density at radius 1 is 0.816 bits per heavy atom. The quantitative estimate of drug-likeness (QED) is 0.247. The number of hydrogen-bond acceptors (Lipinski definition) is 4. The maximum absolute atomic E-state index is 6.53. The number of hydrogen-bond donors (Lipinski definition) is 0. The third-order valence-corrected chi connectivity index (χ3v) is 7.52. The molecule has 0 saturated heterocycles. The van der Waals surface area contributed by atoms with Gasteiger partial charge in [-0.25, -0.2) is 5.01 Å². The second kappa shape index (κ2) is 9.38. The number of rotatable bonds is 5. The van der Waals surface area contributed by atoms with Gasteiger partial charge in [-0.2, -0.15) is 5.10 Å². The molecule has 0 amide bonds. The van der Waals surface area contributed by atoms with E-state index in [0.29, 0.717) is 6.61 Å². The highest BCUT2D eigenvalue weighted by Crippen LogP contribution is 2.47. The van der Waals surface area contributed by atoms with Crippen LogP contribution in [0.1, 0.15) is 46.5 Å². The molecule has 0 unspecified atom stereocenters. The van der Waals surface area contributed by atoms with Crippen molar-refractivity contribution in [1.29, 1.82) is 0 Å². The molecule has 2 aliphatic heterocycles. The van der Waals surface area contributed by atoms with Crippen molar-refractivity contribution in [3.8, 4) is 11.5 Å². The van der Waals surface area contributed by atoms with Crippen molar-refractivity contribution < 1.29 is 9.47 Å². The molecule has 0 aliphatic carbocycles. The summed E-state index contributed by atoms with van der Waals surface area (Å²) in [6, 6.07) is 40.1. The molecule has 0 fully saturated rings. The lowest BCUT2D eigenvalue weighted by molar-refractivity contribution is -0.0190. The van der Waals surface area contributed by atoms with Gasteiger partial charge in [0.1, 0.15) is 18.1 Å². The fourth-order valence-electron chi connectivity index (χ4n) is 5.48. The zero-order chi connectivity index (χ0) is 25.5. The van der Waals surface area contributed by atoms with Crippen molar-refractivity contribution in [2.75, 3.05) is 0 Å². The van der Waals surface area contributed by atoms with E-state index in [9.17, 15) is 0 Å². The number of hydrazone groups is 1. The molecule has 7 rings (SSSR count). The molecule has 186 valence electrons. The molecule has 38 heavy (non-hydrogen) atoms. The summed E-state index contributed by atoms with van der Waals surface area (Å²) in [5.74, 6) is 1.76. The van der Waals surface area contributed by atoms with Crippen LogP contribution in [0, 0.1) is 6.92 Å². The number of aryl methyl sites for hydroxylation is 1.